The summed E-state index contributed by atoms with van der Waals surface area (Å²) in [6.45, 7) is 8.50. The second-order valence-corrected chi connectivity index (χ2v) is 9.41. The van der Waals surface area contributed by atoms with Crippen molar-refractivity contribution in [2.75, 3.05) is 11.9 Å². The minimum absolute atomic E-state index is 0.0990. The quantitative estimate of drug-likeness (QED) is 0.413. The van der Waals surface area contributed by atoms with Gasteiger partial charge in [-0.2, -0.15) is 0 Å². The highest BCUT2D eigenvalue weighted by molar-refractivity contribution is 7.99. The molecule has 0 spiro atoms. The zero-order chi connectivity index (χ0) is 20.3. The van der Waals surface area contributed by atoms with Crippen molar-refractivity contribution in [3.63, 3.8) is 0 Å². The van der Waals surface area contributed by atoms with Gasteiger partial charge < -0.3 is 4.90 Å². The molecule has 3 aromatic rings. The van der Waals surface area contributed by atoms with Crippen molar-refractivity contribution < 1.29 is 0 Å². The summed E-state index contributed by atoms with van der Waals surface area (Å²) in [5.74, 6) is 0.827. The minimum Gasteiger partial charge on any atom is -0.356 e. The summed E-state index contributed by atoms with van der Waals surface area (Å²) in [5, 5.41) is 0.825. The van der Waals surface area contributed by atoms with E-state index in [1.165, 1.54) is 17.8 Å². The Hall–Kier alpha value is -1.93. The SMILES string of the molecule is CCCCC(C)N(C)c1nc(SC(C)c2ccc(C)nc2)nc2[nH]c(=O)sc12. The normalized spacial score (nSPS) is 13.6. The summed E-state index contributed by atoms with van der Waals surface area (Å²) in [4.78, 5) is 30.7. The van der Waals surface area contributed by atoms with E-state index in [0.717, 1.165) is 34.6 Å². The van der Waals surface area contributed by atoms with E-state index in [1.807, 2.05) is 26.2 Å². The fourth-order valence-electron chi connectivity index (χ4n) is 2.95. The Morgan fingerprint density at radius 3 is 2.75 bits per heavy atom. The zero-order valence-electron chi connectivity index (χ0n) is 17.0. The maximum atomic E-state index is 12.0. The van der Waals surface area contributed by atoms with Gasteiger partial charge in [-0.25, -0.2) is 9.97 Å². The number of aromatic nitrogens is 4. The van der Waals surface area contributed by atoms with Crippen molar-refractivity contribution in [1.82, 2.24) is 19.9 Å². The molecule has 0 aliphatic carbocycles. The fraction of sp³-hybridized carbons (Fsp3) is 0.500. The molecule has 0 aromatic carbocycles. The van der Waals surface area contributed by atoms with Crippen molar-refractivity contribution in [2.45, 2.75) is 63.4 Å². The largest absolute Gasteiger partial charge is 0.356 e. The number of thiazole rings is 1. The monoisotopic (exact) mass is 417 g/mol. The highest BCUT2D eigenvalue weighted by atomic mass is 32.2. The summed E-state index contributed by atoms with van der Waals surface area (Å²) in [6.07, 6.45) is 5.32. The number of H-pyrrole nitrogens is 1. The number of pyridine rings is 1. The molecule has 2 unspecified atom stereocenters. The van der Waals surface area contributed by atoms with E-state index in [9.17, 15) is 4.79 Å². The second kappa shape index (κ2) is 9.05. The number of nitrogens with zero attached hydrogens (tertiary/aromatic N) is 4. The van der Waals surface area contributed by atoms with Crippen LogP contribution in [0.3, 0.4) is 0 Å². The van der Waals surface area contributed by atoms with E-state index >= 15 is 0 Å². The molecule has 0 amide bonds. The third-order valence-electron chi connectivity index (χ3n) is 4.90. The van der Waals surface area contributed by atoms with Crippen LogP contribution in [0.25, 0.3) is 10.3 Å². The molecule has 3 rings (SSSR count). The predicted molar refractivity (Wildman–Crippen MR) is 119 cm³/mol. The zero-order valence-corrected chi connectivity index (χ0v) is 18.7. The van der Waals surface area contributed by atoms with Crippen LogP contribution in [0.2, 0.25) is 0 Å². The molecule has 0 aliphatic heterocycles. The highest BCUT2D eigenvalue weighted by Gasteiger charge is 2.20. The number of anilines is 1. The summed E-state index contributed by atoms with van der Waals surface area (Å²) in [5.41, 5.74) is 2.75. The number of aryl methyl sites for hydroxylation is 1. The van der Waals surface area contributed by atoms with Gasteiger partial charge in [-0.05, 0) is 38.8 Å². The van der Waals surface area contributed by atoms with E-state index in [2.05, 4.69) is 46.7 Å². The first-order valence-corrected chi connectivity index (χ1v) is 11.3. The Balaban J connectivity index is 1.93. The van der Waals surface area contributed by atoms with Gasteiger partial charge in [0.15, 0.2) is 16.6 Å². The molecule has 0 bridgehead atoms. The number of hydrogen-bond donors (Lipinski definition) is 1. The Morgan fingerprint density at radius 2 is 2.07 bits per heavy atom. The van der Waals surface area contributed by atoms with E-state index in [0.29, 0.717) is 16.8 Å². The van der Waals surface area contributed by atoms with Crippen molar-refractivity contribution in [3.05, 3.63) is 39.3 Å². The van der Waals surface area contributed by atoms with Crippen LogP contribution in [0.15, 0.2) is 28.3 Å². The topological polar surface area (TPSA) is 74.8 Å². The third-order valence-corrected chi connectivity index (χ3v) is 6.79. The lowest BCUT2D eigenvalue weighted by atomic mass is 10.1. The van der Waals surface area contributed by atoms with Gasteiger partial charge in [-0.15, -0.1) is 0 Å². The van der Waals surface area contributed by atoms with Crippen LogP contribution >= 0.6 is 23.1 Å². The Morgan fingerprint density at radius 1 is 1.29 bits per heavy atom. The van der Waals surface area contributed by atoms with Crippen LogP contribution < -0.4 is 9.77 Å². The maximum absolute atomic E-state index is 12.0. The van der Waals surface area contributed by atoms with Crippen LogP contribution in [0.4, 0.5) is 5.82 Å². The number of rotatable bonds is 8. The summed E-state index contributed by atoms with van der Waals surface area (Å²) in [6, 6.07) is 4.44. The fourth-order valence-corrected chi connectivity index (χ4v) is 4.63. The molecule has 3 aromatic heterocycles. The van der Waals surface area contributed by atoms with E-state index in [1.54, 1.807) is 11.8 Å². The first kappa shape index (κ1) is 20.8. The molecular formula is C20H27N5OS2. The Labute approximate surface area is 173 Å². The molecular weight excluding hydrogens is 390 g/mol. The van der Waals surface area contributed by atoms with Gasteiger partial charge in [0.2, 0.25) is 0 Å². The first-order chi connectivity index (χ1) is 13.4. The lowest BCUT2D eigenvalue weighted by Gasteiger charge is -2.26. The molecule has 0 saturated carbocycles. The van der Waals surface area contributed by atoms with Gasteiger partial charge in [0, 0.05) is 30.2 Å². The molecule has 3 heterocycles. The van der Waals surface area contributed by atoms with Crippen molar-refractivity contribution in [2.24, 2.45) is 0 Å². The van der Waals surface area contributed by atoms with E-state index < -0.39 is 0 Å². The molecule has 150 valence electrons. The van der Waals surface area contributed by atoms with Crippen molar-refractivity contribution in [1.29, 1.82) is 0 Å². The molecule has 0 saturated heterocycles. The molecule has 0 radical (unpaired) electrons. The second-order valence-electron chi connectivity index (χ2n) is 7.12. The predicted octanol–water partition coefficient (Wildman–Crippen LogP) is 4.95. The van der Waals surface area contributed by atoms with Gasteiger partial charge >= 0.3 is 4.87 Å². The minimum atomic E-state index is -0.0990. The van der Waals surface area contributed by atoms with E-state index in [4.69, 9.17) is 4.98 Å². The number of hydrogen-bond acceptors (Lipinski definition) is 7. The molecule has 2 atom stereocenters. The average molecular weight is 418 g/mol. The molecule has 1 N–H and O–H groups in total. The Kier molecular flexibility index (Phi) is 6.72. The molecule has 28 heavy (non-hydrogen) atoms. The number of nitrogens with one attached hydrogen (secondary N) is 1. The van der Waals surface area contributed by atoms with Gasteiger partial charge in [-0.3, -0.25) is 14.8 Å². The van der Waals surface area contributed by atoms with Crippen LogP contribution in [0.1, 0.15) is 56.5 Å². The van der Waals surface area contributed by atoms with Crippen molar-refractivity contribution >= 4 is 39.3 Å². The molecule has 8 heteroatoms. The molecule has 0 fully saturated rings. The Bertz CT molecular complexity index is 982. The van der Waals surface area contributed by atoms with Crippen LogP contribution in [-0.2, 0) is 0 Å². The van der Waals surface area contributed by atoms with Gasteiger partial charge in [0.1, 0.15) is 4.70 Å². The standard InChI is InChI=1S/C20H27N5OS2/c1-6-7-8-13(3)25(5)18-16-17(23-20(26)28-16)22-19(24-18)27-14(4)15-10-9-12(2)21-11-15/h9-11,13-14H,6-8H2,1-5H3,(H,22,23,24,26). The molecule has 6 nitrogen and oxygen atoms in total. The summed E-state index contributed by atoms with van der Waals surface area (Å²) >= 11 is 2.76. The van der Waals surface area contributed by atoms with Gasteiger partial charge in [-0.1, -0.05) is 48.9 Å². The molecule has 0 aliphatic rings. The average Bonchev–Trinajstić information content (AvgIpc) is 3.05. The summed E-state index contributed by atoms with van der Waals surface area (Å²) < 4.78 is 0.824. The van der Waals surface area contributed by atoms with Gasteiger partial charge in [0.05, 0.1) is 0 Å². The number of aromatic amines is 1. The lowest BCUT2D eigenvalue weighted by molar-refractivity contribution is 0.583. The first-order valence-electron chi connectivity index (χ1n) is 9.62. The number of unbranched alkanes of at least 4 members (excludes halogenated alkanes) is 1. The maximum Gasteiger partial charge on any atom is 0.306 e. The van der Waals surface area contributed by atoms with Gasteiger partial charge in [0.25, 0.3) is 0 Å². The van der Waals surface area contributed by atoms with E-state index in [-0.39, 0.29) is 10.1 Å². The lowest BCUT2D eigenvalue weighted by Crippen LogP contribution is -2.29. The number of thioether (sulfide) groups is 1. The highest BCUT2D eigenvalue weighted by Crippen LogP contribution is 2.36. The van der Waals surface area contributed by atoms with Crippen LogP contribution in [0.5, 0.6) is 0 Å². The van der Waals surface area contributed by atoms with Crippen molar-refractivity contribution in [3.8, 4) is 0 Å². The van der Waals surface area contributed by atoms with Crippen LogP contribution in [-0.4, -0.2) is 33.0 Å². The smallest absolute Gasteiger partial charge is 0.306 e. The summed E-state index contributed by atoms with van der Waals surface area (Å²) in [7, 11) is 2.05. The van der Waals surface area contributed by atoms with Crippen LogP contribution in [0, 0.1) is 6.92 Å². The number of fused-ring (bicyclic) bond motifs is 1. The third kappa shape index (κ3) is 4.72.